The molecule has 3 N–H and O–H groups in total. The Hall–Kier alpha value is -2.64. The van der Waals surface area contributed by atoms with E-state index < -0.39 is 23.0 Å². The highest BCUT2D eigenvalue weighted by Crippen LogP contribution is 2.21. The second-order valence-electron chi connectivity index (χ2n) is 4.54. The molecule has 21 heavy (non-hydrogen) atoms. The van der Waals surface area contributed by atoms with Gasteiger partial charge in [0.2, 0.25) is 0 Å². The van der Waals surface area contributed by atoms with Crippen molar-refractivity contribution in [2.75, 3.05) is 5.32 Å². The molecule has 0 aliphatic heterocycles. The summed E-state index contributed by atoms with van der Waals surface area (Å²) >= 11 is 0. The number of carbonyl (C=O) groups excluding carboxylic acids is 1. The molecule has 1 aromatic carbocycles. The summed E-state index contributed by atoms with van der Waals surface area (Å²) in [5.74, 6) is -1.10. The predicted octanol–water partition coefficient (Wildman–Crippen LogP) is 2.28. The number of rotatable bonds is 6. The van der Waals surface area contributed by atoms with Crippen LogP contribution in [0.2, 0.25) is 0 Å². The van der Waals surface area contributed by atoms with E-state index >= 15 is 0 Å². The van der Waals surface area contributed by atoms with Gasteiger partial charge in [0.05, 0.1) is 4.92 Å². The summed E-state index contributed by atoms with van der Waals surface area (Å²) in [5, 5.41) is 24.4. The normalized spacial score (nSPS) is 11.5. The number of carboxylic acids is 1. The summed E-state index contributed by atoms with van der Waals surface area (Å²) in [6, 6.07) is 2.50. The van der Waals surface area contributed by atoms with Crippen LogP contribution in [0.15, 0.2) is 18.2 Å². The van der Waals surface area contributed by atoms with Crippen LogP contribution in [0, 0.1) is 17.0 Å². The van der Waals surface area contributed by atoms with E-state index in [1.54, 1.807) is 6.92 Å². The molecule has 0 bridgehead atoms. The Morgan fingerprint density at radius 2 is 2.10 bits per heavy atom. The molecule has 8 heteroatoms. The Kier molecular flexibility index (Phi) is 5.65. The number of benzene rings is 1. The number of nitrogens with one attached hydrogen (secondary N) is 2. The van der Waals surface area contributed by atoms with Crippen LogP contribution in [0.4, 0.5) is 16.2 Å². The van der Waals surface area contributed by atoms with Gasteiger partial charge in [-0.05, 0) is 25.5 Å². The summed E-state index contributed by atoms with van der Waals surface area (Å²) in [6.07, 6.45) is 0.940. The maximum atomic E-state index is 11.7. The van der Waals surface area contributed by atoms with Crippen molar-refractivity contribution in [1.82, 2.24) is 5.32 Å². The molecule has 0 saturated heterocycles. The van der Waals surface area contributed by atoms with Gasteiger partial charge in [-0.2, -0.15) is 0 Å². The van der Waals surface area contributed by atoms with E-state index in [1.165, 1.54) is 18.2 Å². The van der Waals surface area contributed by atoms with Crippen molar-refractivity contribution in [1.29, 1.82) is 0 Å². The number of aryl methyl sites for hydroxylation is 1. The average Bonchev–Trinajstić information content (AvgIpc) is 2.37. The molecule has 0 aromatic heterocycles. The van der Waals surface area contributed by atoms with Crippen molar-refractivity contribution in [2.24, 2.45) is 0 Å². The molecule has 0 unspecified atom stereocenters. The first kappa shape index (κ1) is 16.4. The van der Waals surface area contributed by atoms with Crippen molar-refractivity contribution in [3.63, 3.8) is 0 Å². The molecule has 1 aromatic rings. The highest BCUT2D eigenvalue weighted by molar-refractivity contribution is 5.92. The van der Waals surface area contributed by atoms with Crippen molar-refractivity contribution in [3.05, 3.63) is 33.9 Å². The highest BCUT2D eigenvalue weighted by atomic mass is 16.6. The zero-order valence-corrected chi connectivity index (χ0v) is 11.8. The molecule has 0 radical (unpaired) electrons. The van der Waals surface area contributed by atoms with E-state index in [1.807, 2.05) is 6.92 Å². The van der Waals surface area contributed by atoms with E-state index in [0.29, 0.717) is 24.1 Å². The predicted molar refractivity (Wildman–Crippen MR) is 76.3 cm³/mol. The Morgan fingerprint density at radius 1 is 1.43 bits per heavy atom. The van der Waals surface area contributed by atoms with Gasteiger partial charge in [-0.3, -0.25) is 10.1 Å². The van der Waals surface area contributed by atoms with Crippen LogP contribution >= 0.6 is 0 Å². The number of urea groups is 1. The fraction of sp³-hybridized carbons (Fsp3) is 0.385. The SMILES string of the molecule is CCC[C@@H](NC(=O)Nc1ccc([N+](=O)[O-])c(C)c1)C(=O)O. The van der Waals surface area contributed by atoms with Gasteiger partial charge in [0.1, 0.15) is 6.04 Å². The molecular formula is C13H17N3O5. The molecule has 114 valence electrons. The maximum absolute atomic E-state index is 11.7. The van der Waals surface area contributed by atoms with Crippen LogP contribution in [0.3, 0.4) is 0 Å². The third kappa shape index (κ3) is 4.75. The van der Waals surface area contributed by atoms with Crippen LogP contribution in [0.1, 0.15) is 25.3 Å². The first-order valence-corrected chi connectivity index (χ1v) is 6.40. The monoisotopic (exact) mass is 295 g/mol. The Morgan fingerprint density at radius 3 is 2.57 bits per heavy atom. The van der Waals surface area contributed by atoms with Gasteiger partial charge in [0.15, 0.2) is 0 Å². The molecule has 0 heterocycles. The zero-order valence-electron chi connectivity index (χ0n) is 11.8. The molecular weight excluding hydrogens is 278 g/mol. The van der Waals surface area contributed by atoms with Crippen molar-refractivity contribution >= 4 is 23.4 Å². The standard InChI is InChI=1S/C13H17N3O5/c1-3-4-10(12(17)18)15-13(19)14-9-5-6-11(16(20)21)8(2)7-9/h5-7,10H,3-4H2,1-2H3,(H,17,18)(H2,14,15,19)/t10-/m1/s1. The van der Waals surface area contributed by atoms with Gasteiger partial charge < -0.3 is 15.7 Å². The topological polar surface area (TPSA) is 122 Å². The minimum Gasteiger partial charge on any atom is -0.480 e. The Labute approximate surface area is 121 Å². The van der Waals surface area contributed by atoms with Crippen molar-refractivity contribution < 1.29 is 19.6 Å². The number of nitro groups is 1. The average molecular weight is 295 g/mol. The Bertz CT molecular complexity index is 559. The minimum absolute atomic E-state index is 0.0460. The summed E-state index contributed by atoms with van der Waals surface area (Å²) in [7, 11) is 0. The number of aliphatic carboxylic acids is 1. The molecule has 1 atom stereocenters. The van der Waals surface area contributed by atoms with E-state index in [0.717, 1.165) is 0 Å². The van der Waals surface area contributed by atoms with Crippen LogP contribution in [0.25, 0.3) is 0 Å². The first-order valence-electron chi connectivity index (χ1n) is 6.40. The number of hydrogen-bond donors (Lipinski definition) is 3. The largest absolute Gasteiger partial charge is 0.480 e. The number of carbonyl (C=O) groups is 2. The van der Waals surface area contributed by atoms with Crippen LogP contribution in [0.5, 0.6) is 0 Å². The van der Waals surface area contributed by atoms with E-state index in [2.05, 4.69) is 10.6 Å². The van der Waals surface area contributed by atoms with Gasteiger partial charge in [0.25, 0.3) is 5.69 Å². The fourth-order valence-electron chi connectivity index (χ4n) is 1.81. The molecule has 1 rings (SSSR count). The van der Waals surface area contributed by atoms with E-state index in [9.17, 15) is 19.7 Å². The minimum atomic E-state index is -1.10. The van der Waals surface area contributed by atoms with Gasteiger partial charge >= 0.3 is 12.0 Å². The maximum Gasteiger partial charge on any atom is 0.326 e. The van der Waals surface area contributed by atoms with Gasteiger partial charge in [0, 0.05) is 17.3 Å². The molecule has 0 fully saturated rings. The smallest absolute Gasteiger partial charge is 0.326 e. The lowest BCUT2D eigenvalue weighted by Gasteiger charge is -2.14. The number of amides is 2. The Balaban J connectivity index is 2.72. The zero-order chi connectivity index (χ0) is 16.0. The highest BCUT2D eigenvalue weighted by Gasteiger charge is 2.19. The van der Waals surface area contributed by atoms with Crippen molar-refractivity contribution in [3.8, 4) is 0 Å². The fourth-order valence-corrected chi connectivity index (χ4v) is 1.81. The molecule has 0 aliphatic rings. The van der Waals surface area contributed by atoms with Gasteiger partial charge in [-0.1, -0.05) is 13.3 Å². The van der Waals surface area contributed by atoms with Crippen LogP contribution in [-0.2, 0) is 4.79 Å². The first-order chi connectivity index (χ1) is 9.85. The number of nitro benzene ring substituents is 1. The summed E-state index contributed by atoms with van der Waals surface area (Å²) in [6.45, 7) is 3.37. The number of hydrogen-bond acceptors (Lipinski definition) is 4. The van der Waals surface area contributed by atoms with Gasteiger partial charge in [-0.15, -0.1) is 0 Å². The number of carboxylic acid groups (broad SMARTS) is 1. The lowest BCUT2D eigenvalue weighted by atomic mass is 10.1. The molecule has 2 amide bonds. The molecule has 0 aliphatic carbocycles. The van der Waals surface area contributed by atoms with E-state index in [4.69, 9.17) is 5.11 Å². The number of nitrogens with zero attached hydrogens (tertiary/aromatic N) is 1. The number of anilines is 1. The quantitative estimate of drug-likeness (QED) is 0.549. The summed E-state index contributed by atoms with van der Waals surface area (Å²) in [5.41, 5.74) is 0.715. The van der Waals surface area contributed by atoms with Gasteiger partial charge in [-0.25, -0.2) is 9.59 Å². The summed E-state index contributed by atoms with van der Waals surface area (Å²) < 4.78 is 0. The van der Waals surface area contributed by atoms with Crippen molar-refractivity contribution in [2.45, 2.75) is 32.7 Å². The second kappa shape index (κ2) is 7.22. The lowest BCUT2D eigenvalue weighted by molar-refractivity contribution is -0.385. The third-order valence-electron chi connectivity index (χ3n) is 2.83. The van der Waals surface area contributed by atoms with Crippen LogP contribution < -0.4 is 10.6 Å². The molecule has 8 nitrogen and oxygen atoms in total. The lowest BCUT2D eigenvalue weighted by Crippen LogP contribution is -2.42. The molecule has 0 spiro atoms. The van der Waals surface area contributed by atoms with E-state index in [-0.39, 0.29) is 5.69 Å². The third-order valence-corrected chi connectivity index (χ3v) is 2.83. The second-order valence-corrected chi connectivity index (χ2v) is 4.54. The molecule has 0 saturated carbocycles. The summed E-state index contributed by atoms with van der Waals surface area (Å²) in [4.78, 5) is 32.8. The van der Waals surface area contributed by atoms with Crippen LogP contribution in [-0.4, -0.2) is 28.1 Å².